The van der Waals surface area contributed by atoms with Gasteiger partial charge in [-0.3, -0.25) is 14.5 Å². The Balaban J connectivity index is 1.82. The Morgan fingerprint density at radius 2 is 1.85 bits per heavy atom. The molecule has 0 bridgehead atoms. The van der Waals surface area contributed by atoms with Gasteiger partial charge < -0.3 is 15.0 Å². The molecule has 0 saturated carbocycles. The van der Waals surface area contributed by atoms with Crippen LogP contribution in [0.5, 0.6) is 0 Å². The van der Waals surface area contributed by atoms with Crippen LogP contribution in [-0.2, 0) is 16.1 Å². The highest BCUT2D eigenvalue weighted by Crippen LogP contribution is 2.09. The van der Waals surface area contributed by atoms with E-state index in [1.54, 1.807) is 4.90 Å². The molecule has 1 aromatic rings. The van der Waals surface area contributed by atoms with Crippen LogP contribution in [0.3, 0.4) is 0 Å². The molecule has 6 nitrogen and oxygen atoms in total. The fourth-order valence-electron chi connectivity index (χ4n) is 2.84. The maximum Gasteiger partial charge on any atom is 0.254 e. The highest BCUT2D eigenvalue weighted by Gasteiger charge is 2.18. The third kappa shape index (κ3) is 6.28. The van der Waals surface area contributed by atoms with Crippen molar-refractivity contribution in [1.29, 1.82) is 0 Å². The molecule has 1 aliphatic rings. The summed E-state index contributed by atoms with van der Waals surface area (Å²) in [4.78, 5) is 28.4. The lowest BCUT2D eigenvalue weighted by molar-refractivity contribution is -0.122. The highest BCUT2D eigenvalue weighted by atomic mass is 16.5. The lowest BCUT2D eigenvalue weighted by Crippen LogP contribution is -2.40. The zero-order valence-electron chi connectivity index (χ0n) is 15.8. The Labute approximate surface area is 155 Å². The van der Waals surface area contributed by atoms with Crippen molar-refractivity contribution in [3.05, 3.63) is 47.5 Å². The van der Waals surface area contributed by atoms with E-state index in [2.05, 4.69) is 11.9 Å². The molecule has 0 spiro atoms. The summed E-state index contributed by atoms with van der Waals surface area (Å²) in [7, 11) is 0. The third-order valence-corrected chi connectivity index (χ3v) is 4.30. The number of benzene rings is 1. The maximum absolute atomic E-state index is 12.4. The van der Waals surface area contributed by atoms with Crippen molar-refractivity contribution < 1.29 is 14.3 Å². The van der Waals surface area contributed by atoms with Gasteiger partial charge in [0.2, 0.25) is 5.91 Å². The maximum atomic E-state index is 12.4. The monoisotopic (exact) mass is 359 g/mol. The summed E-state index contributed by atoms with van der Waals surface area (Å²) in [6.45, 7) is 12.7. The molecule has 26 heavy (non-hydrogen) atoms. The van der Waals surface area contributed by atoms with Crippen LogP contribution >= 0.6 is 0 Å². The molecule has 0 aromatic heterocycles. The second-order valence-electron chi connectivity index (χ2n) is 6.64. The molecule has 0 radical (unpaired) electrons. The summed E-state index contributed by atoms with van der Waals surface area (Å²) in [5.41, 5.74) is 2.68. The summed E-state index contributed by atoms with van der Waals surface area (Å²) < 4.78 is 5.27. The van der Waals surface area contributed by atoms with Gasteiger partial charge >= 0.3 is 0 Å². The first-order chi connectivity index (χ1) is 12.5. The van der Waals surface area contributed by atoms with E-state index < -0.39 is 0 Å². The van der Waals surface area contributed by atoms with Crippen LogP contribution in [0.1, 0.15) is 29.8 Å². The predicted molar refractivity (Wildman–Crippen MR) is 102 cm³/mol. The number of nitrogens with one attached hydrogen (secondary N) is 1. The Kier molecular flexibility index (Phi) is 7.81. The van der Waals surface area contributed by atoms with Crippen molar-refractivity contribution in [2.45, 2.75) is 20.4 Å². The molecule has 1 aromatic carbocycles. The Bertz CT molecular complexity index is 622. The highest BCUT2D eigenvalue weighted by molar-refractivity contribution is 5.94. The van der Waals surface area contributed by atoms with E-state index in [1.165, 1.54) is 0 Å². The van der Waals surface area contributed by atoms with E-state index in [0.29, 0.717) is 45.0 Å². The largest absolute Gasteiger partial charge is 0.378 e. The SMILES string of the molecule is C=C(C)CN(CC)CC(=O)NCc1ccc(C(=O)N2CCOCC2)cc1. The number of amides is 2. The van der Waals surface area contributed by atoms with Crippen molar-refractivity contribution in [3.63, 3.8) is 0 Å². The number of ether oxygens (including phenoxy) is 1. The van der Waals surface area contributed by atoms with Crippen LogP contribution in [0.15, 0.2) is 36.4 Å². The fourth-order valence-corrected chi connectivity index (χ4v) is 2.84. The van der Waals surface area contributed by atoms with Crippen LogP contribution in [0.2, 0.25) is 0 Å². The number of morpholine rings is 1. The number of hydrogen-bond donors (Lipinski definition) is 1. The summed E-state index contributed by atoms with van der Waals surface area (Å²) in [5, 5.41) is 2.93. The summed E-state index contributed by atoms with van der Waals surface area (Å²) in [6.07, 6.45) is 0. The molecule has 0 unspecified atom stereocenters. The third-order valence-electron chi connectivity index (χ3n) is 4.30. The molecular formula is C20H29N3O3. The lowest BCUT2D eigenvalue weighted by atomic mass is 10.1. The van der Waals surface area contributed by atoms with E-state index in [0.717, 1.165) is 24.2 Å². The van der Waals surface area contributed by atoms with Crippen molar-refractivity contribution in [2.75, 3.05) is 45.9 Å². The van der Waals surface area contributed by atoms with Crippen LogP contribution in [0.25, 0.3) is 0 Å². The van der Waals surface area contributed by atoms with Gasteiger partial charge in [-0.25, -0.2) is 0 Å². The molecule has 1 saturated heterocycles. The van der Waals surface area contributed by atoms with Crippen LogP contribution < -0.4 is 5.32 Å². The summed E-state index contributed by atoms with van der Waals surface area (Å²) in [5.74, 6) is 0.0174. The van der Waals surface area contributed by atoms with Gasteiger partial charge in [-0.1, -0.05) is 31.2 Å². The fraction of sp³-hybridized carbons (Fsp3) is 0.500. The lowest BCUT2D eigenvalue weighted by Gasteiger charge is -2.26. The van der Waals surface area contributed by atoms with E-state index in [9.17, 15) is 9.59 Å². The van der Waals surface area contributed by atoms with Crippen molar-refractivity contribution >= 4 is 11.8 Å². The van der Waals surface area contributed by atoms with E-state index in [4.69, 9.17) is 4.74 Å². The Hall–Kier alpha value is -2.18. The summed E-state index contributed by atoms with van der Waals surface area (Å²) in [6, 6.07) is 7.41. The Morgan fingerprint density at radius 3 is 2.42 bits per heavy atom. The number of carbonyl (C=O) groups excluding carboxylic acids is 2. The molecule has 6 heteroatoms. The zero-order valence-corrected chi connectivity index (χ0v) is 15.8. The van der Waals surface area contributed by atoms with Gasteiger partial charge in [-0.05, 0) is 31.2 Å². The van der Waals surface area contributed by atoms with Gasteiger partial charge in [-0.15, -0.1) is 0 Å². The van der Waals surface area contributed by atoms with Gasteiger partial charge in [0.1, 0.15) is 0 Å². The summed E-state index contributed by atoms with van der Waals surface area (Å²) >= 11 is 0. The van der Waals surface area contributed by atoms with E-state index >= 15 is 0 Å². The number of likely N-dealkylation sites (N-methyl/N-ethyl adjacent to an activating group) is 1. The van der Waals surface area contributed by atoms with Crippen molar-refractivity contribution in [2.24, 2.45) is 0 Å². The van der Waals surface area contributed by atoms with Gasteiger partial charge in [0.25, 0.3) is 5.91 Å². The molecule has 142 valence electrons. The van der Waals surface area contributed by atoms with Gasteiger partial charge in [0.05, 0.1) is 19.8 Å². The minimum absolute atomic E-state index is 0.0124. The molecule has 2 amide bonds. The molecule has 1 fully saturated rings. The average Bonchev–Trinajstić information content (AvgIpc) is 2.66. The average molecular weight is 359 g/mol. The molecule has 1 heterocycles. The first-order valence-electron chi connectivity index (χ1n) is 9.09. The minimum Gasteiger partial charge on any atom is -0.378 e. The van der Waals surface area contributed by atoms with Crippen LogP contribution in [0.4, 0.5) is 0 Å². The van der Waals surface area contributed by atoms with Gasteiger partial charge in [-0.2, -0.15) is 0 Å². The number of carbonyl (C=O) groups is 2. The molecule has 0 aliphatic carbocycles. The number of nitrogens with zero attached hydrogens (tertiary/aromatic N) is 2. The first-order valence-corrected chi connectivity index (χ1v) is 9.09. The van der Waals surface area contributed by atoms with Crippen LogP contribution in [-0.4, -0.2) is 67.6 Å². The normalized spacial score (nSPS) is 14.3. The van der Waals surface area contributed by atoms with Crippen molar-refractivity contribution in [1.82, 2.24) is 15.1 Å². The van der Waals surface area contributed by atoms with Gasteiger partial charge in [0, 0.05) is 31.7 Å². The minimum atomic E-state index is -0.0124. The van der Waals surface area contributed by atoms with Crippen molar-refractivity contribution in [3.8, 4) is 0 Å². The second-order valence-corrected chi connectivity index (χ2v) is 6.64. The topological polar surface area (TPSA) is 61.9 Å². The smallest absolute Gasteiger partial charge is 0.254 e. The molecular weight excluding hydrogens is 330 g/mol. The molecule has 1 N–H and O–H groups in total. The van der Waals surface area contributed by atoms with E-state index in [1.807, 2.05) is 43.0 Å². The zero-order chi connectivity index (χ0) is 18.9. The first kappa shape index (κ1) is 20.1. The molecule has 1 aliphatic heterocycles. The Morgan fingerprint density at radius 1 is 1.19 bits per heavy atom. The number of rotatable bonds is 8. The van der Waals surface area contributed by atoms with Crippen LogP contribution in [0, 0.1) is 0 Å². The van der Waals surface area contributed by atoms with E-state index in [-0.39, 0.29) is 11.8 Å². The van der Waals surface area contributed by atoms with Gasteiger partial charge in [0.15, 0.2) is 0 Å². The second kappa shape index (κ2) is 10.1. The predicted octanol–water partition coefficient (Wildman–Crippen LogP) is 1.67. The standard InChI is InChI=1S/C20H29N3O3/c1-4-22(14-16(2)3)15-19(24)21-13-17-5-7-18(8-6-17)20(25)23-9-11-26-12-10-23/h5-8H,2,4,9-15H2,1,3H3,(H,21,24). The quantitative estimate of drug-likeness (QED) is 0.718. The molecule has 0 atom stereocenters. The molecule has 2 rings (SSSR count). The number of hydrogen-bond acceptors (Lipinski definition) is 4.